The molecule has 1 unspecified atom stereocenters. The van der Waals surface area contributed by atoms with Gasteiger partial charge in [0.25, 0.3) is 0 Å². The summed E-state index contributed by atoms with van der Waals surface area (Å²) in [6.07, 6.45) is 0. The summed E-state index contributed by atoms with van der Waals surface area (Å²) in [5.41, 5.74) is 6.66. The highest BCUT2D eigenvalue weighted by atomic mass is 32.2. The average Bonchev–Trinajstić information content (AvgIpc) is 2.47. The summed E-state index contributed by atoms with van der Waals surface area (Å²) in [7, 11) is 0. The number of carbonyl (C=O) groups is 1. The minimum absolute atomic E-state index is 0.285. The molecule has 0 spiro atoms. The summed E-state index contributed by atoms with van der Waals surface area (Å²) in [6.45, 7) is 2.03. The third-order valence-corrected chi connectivity index (χ3v) is 4.09. The van der Waals surface area contributed by atoms with E-state index in [2.05, 4.69) is 0 Å². The zero-order valence-corrected chi connectivity index (χ0v) is 12.4. The highest BCUT2D eigenvalue weighted by Crippen LogP contribution is 2.37. The van der Waals surface area contributed by atoms with E-state index < -0.39 is 11.1 Å². The fourth-order valence-electron chi connectivity index (χ4n) is 1.84. The standard InChI is InChI=1S/C16H16FNO2S/c1-2-20-16(19)15(11-6-4-3-5-7-11)21-14-9-8-12(18)10-13(14)17/h3-10,15H,2,18H2,1H3. The minimum Gasteiger partial charge on any atom is -0.465 e. The third kappa shape index (κ3) is 3.98. The summed E-state index contributed by atoms with van der Waals surface area (Å²) in [5, 5.41) is -0.607. The van der Waals surface area contributed by atoms with Gasteiger partial charge in [0.1, 0.15) is 11.1 Å². The van der Waals surface area contributed by atoms with Crippen molar-refractivity contribution in [3.8, 4) is 0 Å². The van der Waals surface area contributed by atoms with E-state index in [1.165, 1.54) is 6.07 Å². The Morgan fingerprint density at radius 1 is 1.29 bits per heavy atom. The Labute approximate surface area is 127 Å². The molecule has 1 atom stereocenters. The molecule has 0 saturated carbocycles. The van der Waals surface area contributed by atoms with Crippen LogP contribution in [0, 0.1) is 5.82 Å². The van der Waals surface area contributed by atoms with Crippen molar-refractivity contribution in [2.45, 2.75) is 17.1 Å². The van der Waals surface area contributed by atoms with E-state index in [-0.39, 0.29) is 12.6 Å². The van der Waals surface area contributed by atoms with Crippen molar-refractivity contribution in [3.05, 3.63) is 59.9 Å². The van der Waals surface area contributed by atoms with Gasteiger partial charge in [0.05, 0.1) is 6.61 Å². The maximum absolute atomic E-state index is 13.9. The lowest BCUT2D eigenvalue weighted by atomic mass is 10.1. The Hall–Kier alpha value is -2.01. The number of anilines is 1. The van der Waals surface area contributed by atoms with Crippen molar-refractivity contribution in [1.82, 2.24) is 0 Å². The number of hydrogen-bond donors (Lipinski definition) is 1. The summed E-state index contributed by atoms with van der Waals surface area (Å²) in [4.78, 5) is 12.5. The summed E-state index contributed by atoms with van der Waals surface area (Å²) in [5.74, 6) is -0.824. The number of rotatable bonds is 5. The quantitative estimate of drug-likeness (QED) is 0.518. The molecule has 5 heteroatoms. The molecule has 0 aliphatic rings. The normalized spacial score (nSPS) is 11.9. The van der Waals surface area contributed by atoms with Crippen molar-refractivity contribution in [1.29, 1.82) is 0 Å². The number of esters is 1. The fourth-order valence-corrected chi connectivity index (χ4v) is 2.87. The van der Waals surface area contributed by atoms with Crippen LogP contribution in [-0.2, 0) is 9.53 Å². The highest BCUT2D eigenvalue weighted by Gasteiger charge is 2.24. The van der Waals surface area contributed by atoms with Crippen LogP contribution < -0.4 is 5.73 Å². The molecule has 0 aromatic heterocycles. The van der Waals surface area contributed by atoms with E-state index in [4.69, 9.17) is 10.5 Å². The second kappa shape index (κ2) is 7.13. The van der Waals surface area contributed by atoms with Crippen LogP contribution in [0.3, 0.4) is 0 Å². The molecule has 0 amide bonds. The average molecular weight is 305 g/mol. The van der Waals surface area contributed by atoms with Crippen LogP contribution in [0.2, 0.25) is 0 Å². The van der Waals surface area contributed by atoms with Crippen LogP contribution in [0.4, 0.5) is 10.1 Å². The van der Waals surface area contributed by atoms with Gasteiger partial charge in [-0.15, -0.1) is 11.8 Å². The van der Waals surface area contributed by atoms with Gasteiger partial charge in [0.2, 0.25) is 0 Å². The van der Waals surface area contributed by atoms with Crippen LogP contribution in [-0.4, -0.2) is 12.6 Å². The Bertz CT molecular complexity index is 619. The van der Waals surface area contributed by atoms with E-state index in [0.29, 0.717) is 10.6 Å². The molecule has 0 aliphatic carbocycles. The van der Waals surface area contributed by atoms with Gasteiger partial charge in [-0.3, -0.25) is 4.79 Å². The van der Waals surface area contributed by atoms with Crippen molar-refractivity contribution < 1.29 is 13.9 Å². The van der Waals surface area contributed by atoms with Gasteiger partial charge in [0.15, 0.2) is 0 Å². The molecule has 110 valence electrons. The zero-order chi connectivity index (χ0) is 15.2. The first-order valence-corrected chi connectivity index (χ1v) is 7.43. The largest absolute Gasteiger partial charge is 0.465 e. The first-order valence-electron chi connectivity index (χ1n) is 6.55. The van der Waals surface area contributed by atoms with E-state index in [0.717, 1.165) is 17.3 Å². The number of ether oxygens (including phenoxy) is 1. The molecule has 0 saturated heterocycles. The van der Waals surface area contributed by atoms with Gasteiger partial charge in [-0.1, -0.05) is 30.3 Å². The summed E-state index contributed by atoms with van der Waals surface area (Å²) in [6, 6.07) is 13.6. The topological polar surface area (TPSA) is 52.3 Å². The Kier molecular flexibility index (Phi) is 5.22. The number of hydrogen-bond acceptors (Lipinski definition) is 4. The maximum Gasteiger partial charge on any atom is 0.323 e. The molecule has 2 aromatic rings. The highest BCUT2D eigenvalue weighted by molar-refractivity contribution is 8.00. The van der Waals surface area contributed by atoms with Crippen LogP contribution >= 0.6 is 11.8 Å². The number of nitrogens with two attached hydrogens (primary N) is 1. The molecule has 0 bridgehead atoms. The Morgan fingerprint density at radius 2 is 2.00 bits per heavy atom. The monoisotopic (exact) mass is 305 g/mol. The van der Waals surface area contributed by atoms with Crippen molar-refractivity contribution >= 4 is 23.4 Å². The molecule has 0 heterocycles. The lowest BCUT2D eigenvalue weighted by Gasteiger charge is -2.16. The Morgan fingerprint density at radius 3 is 2.62 bits per heavy atom. The van der Waals surface area contributed by atoms with Gasteiger partial charge in [-0.2, -0.15) is 0 Å². The second-order valence-electron chi connectivity index (χ2n) is 4.35. The minimum atomic E-state index is -0.607. The smallest absolute Gasteiger partial charge is 0.323 e. The Balaban J connectivity index is 2.30. The van der Waals surface area contributed by atoms with Crippen LogP contribution in [0.25, 0.3) is 0 Å². The molecule has 0 fully saturated rings. The second-order valence-corrected chi connectivity index (χ2v) is 5.50. The van der Waals surface area contributed by atoms with Crippen molar-refractivity contribution in [2.75, 3.05) is 12.3 Å². The molecular formula is C16H16FNO2S. The molecule has 0 aliphatic heterocycles. The molecule has 2 aromatic carbocycles. The van der Waals surface area contributed by atoms with E-state index >= 15 is 0 Å². The number of carbonyl (C=O) groups excluding carboxylic acids is 1. The predicted molar refractivity (Wildman–Crippen MR) is 82.5 cm³/mol. The van der Waals surface area contributed by atoms with E-state index in [1.54, 1.807) is 19.1 Å². The van der Waals surface area contributed by atoms with E-state index in [9.17, 15) is 9.18 Å². The van der Waals surface area contributed by atoms with Crippen LogP contribution in [0.5, 0.6) is 0 Å². The third-order valence-electron chi connectivity index (χ3n) is 2.80. The maximum atomic E-state index is 13.9. The van der Waals surface area contributed by atoms with Gasteiger partial charge < -0.3 is 10.5 Å². The summed E-state index contributed by atoms with van der Waals surface area (Å²) >= 11 is 1.12. The lowest BCUT2D eigenvalue weighted by molar-refractivity contribution is -0.142. The predicted octanol–water partition coefficient (Wildman–Crippen LogP) is 3.80. The number of nitrogen functional groups attached to an aromatic ring is 1. The molecule has 0 radical (unpaired) electrons. The van der Waals surface area contributed by atoms with Gasteiger partial charge >= 0.3 is 5.97 Å². The first kappa shape index (κ1) is 15.4. The molecule has 21 heavy (non-hydrogen) atoms. The number of halogens is 1. The zero-order valence-electron chi connectivity index (χ0n) is 11.6. The molecular weight excluding hydrogens is 289 g/mol. The molecule has 3 nitrogen and oxygen atoms in total. The summed E-state index contributed by atoms with van der Waals surface area (Å²) < 4.78 is 19.0. The van der Waals surface area contributed by atoms with Crippen LogP contribution in [0.1, 0.15) is 17.7 Å². The SMILES string of the molecule is CCOC(=O)C(Sc1ccc(N)cc1F)c1ccccc1. The lowest BCUT2D eigenvalue weighted by Crippen LogP contribution is -2.13. The van der Waals surface area contributed by atoms with Gasteiger partial charge in [-0.05, 0) is 30.7 Å². The molecule has 2 rings (SSSR count). The van der Waals surface area contributed by atoms with Crippen LogP contribution in [0.15, 0.2) is 53.4 Å². The number of benzene rings is 2. The number of thioether (sulfide) groups is 1. The van der Waals surface area contributed by atoms with Crippen molar-refractivity contribution in [2.24, 2.45) is 0 Å². The van der Waals surface area contributed by atoms with Gasteiger partial charge in [0, 0.05) is 10.6 Å². The van der Waals surface area contributed by atoms with Gasteiger partial charge in [-0.25, -0.2) is 4.39 Å². The first-order chi connectivity index (χ1) is 10.1. The fraction of sp³-hybridized carbons (Fsp3) is 0.188. The molecule has 2 N–H and O–H groups in total. The van der Waals surface area contributed by atoms with Crippen molar-refractivity contribution in [3.63, 3.8) is 0 Å². The van der Waals surface area contributed by atoms with E-state index in [1.807, 2.05) is 30.3 Å².